The summed E-state index contributed by atoms with van der Waals surface area (Å²) >= 11 is 0. The van der Waals surface area contributed by atoms with Crippen molar-refractivity contribution in [3.8, 4) is 11.3 Å². The van der Waals surface area contributed by atoms with Crippen molar-refractivity contribution < 1.29 is 4.39 Å². The molecule has 2 nitrogen and oxygen atoms in total. The van der Waals surface area contributed by atoms with Crippen molar-refractivity contribution in [2.24, 2.45) is 0 Å². The van der Waals surface area contributed by atoms with Gasteiger partial charge in [-0.05, 0) is 43.7 Å². The molecule has 2 aromatic rings. The second-order valence-corrected chi connectivity index (χ2v) is 5.00. The second kappa shape index (κ2) is 5.49. The molecular formula is C16H17FN2. The summed E-state index contributed by atoms with van der Waals surface area (Å²) in [7, 11) is 0. The molecule has 3 heteroatoms. The highest BCUT2D eigenvalue weighted by atomic mass is 19.1. The first-order chi connectivity index (χ1) is 9.33. The van der Waals surface area contributed by atoms with E-state index in [2.05, 4.69) is 11.4 Å². The Morgan fingerprint density at radius 2 is 2.05 bits per heavy atom. The van der Waals surface area contributed by atoms with E-state index in [4.69, 9.17) is 4.98 Å². The van der Waals surface area contributed by atoms with E-state index >= 15 is 0 Å². The molecule has 0 aliphatic carbocycles. The van der Waals surface area contributed by atoms with Gasteiger partial charge in [0.05, 0.1) is 5.69 Å². The minimum atomic E-state index is -0.218. The summed E-state index contributed by atoms with van der Waals surface area (Å²) in [6.07, 6.45) is 2.36. The zero-order chi connectivity index (χ0) is 13.1. The van der Waals surface area contributed by atoms with Gasteiger partial charge in [0.25, 0.3) is 0 Å². The van der Waals surface area contributed by atoms with Crippen molar-refractivity contribution in [3.63, 3.8) is 0 Å². The highest BCUT2D eigenvalue weighted by molar-refractivity contribution is 5.59. The molecule has 1 fully saturated rings. The van der Waals surface area contributed by atoms with E-state index in [1.807, 2.05) is 18.2 Å². The van der Waals surface area contributed by atoms with Crippen LogP contribution >= 0.6 is 0 Å². The van der Waals surface area contributed by atoms with Gasteiger partial charge in [-0.25, -0.2) is 4.39 Å². The van der Waals surface area contributed by atoms with Gasteiger partial charge in [-0.3, -0.25) is 4.98 Å². The van der Waals surface area contributed by atoms with E-state index in [0.717, 1.165) is 30.0 Å². The molecule has 0 unspecified atom stereocenters. The third kappa shape index (κ3) is 2.82. The number of nitrogens with one attached hydrogen (secondary N) is 1. The van der Waals surface area contributed by atoms with Crippen LogP contribution in [-0.4, -0.2) is 18.1 Å². The molecule has 1 aromatic heterocycles. The van der Waals surface area contributed by atoms with Crippen LogP contribution in [0.1, 0.15) is 24.5 Å². The Morgan fingerprint density at radius 3 is 2.84 bits per heavy atom. The maximum Gasteiger partial charge on any atom is 0.123 e. The summed E-state index contributed by atoms with van der Waals surface area (Å²) in [5.41, 5.74) is 2.79. The lowest BCUT2D eigenvalue weighted by molar-refractivity contribution is 0.455. The molecule has 1 atom stereocenters. The van der Waals surface area contributed by atoms with Crippen LogP contribution in [-0.2, 0) is 0 Å². The van der Waals surface area contributed by atoms with Gasteiger partial charge in [-0.2, -0.15) is 0 Å². The molecule has 19 heavy (non-hydrogen) atoms. The molecular weight excluding hydrogens is 239 g/mol. The van der Waals surface area contributed by atoms with Crippen LogP contribution in [0.25, 0.3) is 11.3 Å². The fraction of sp³-hybridized carbons (Fsp3) is 0.312. The maximum atomic E-state index is 13.3. The number of halogens is 1. The first-order valence-corrected chi connectivity index (χ1v) is 6.76. The molecule has 3 rings (SSSR count). The van der Waals surface area contributed by atoms with Crippen LogP contribution in [0, 0.1) is 5.82 Å². The molecule has 1 N–H and O–H groups in total. The molecule has 1 aliphatic rings. The van der Waals surface area contributed by atoms with Crippen LogP contribution in [0.5, 0.6) is 0 Å². The predicted octanol–water partition coefficient (Wildman–Crippen LogP) is 3.35. The molecule has 1 aromatic carbocycles. The minimum Gasteiger partial charge on any atom is -0.316 e. The minimum absolute atomic E-state index is 0.218. The Kier molecular flexibility index (Phi) is 3.56. The normalized spacial score (nSPS) is 19.3. The van der Waals surface area contributed by atoms with Gasteiger partial charge in [0.2, 0.25) is 0 Å². The monoisotopic (exact) mass is 256 g/mol. The Bertz CT molecular complexity index is 562. The van der Waals surface area contributed by atoms with E-state index < -0.39 is 0 Å². The third-order valence-corrected chi connectivity index (χ3v) is 3.61. The molecule has 1 aliphatic heterocycles. The number of hydrogen-bond acceptors (Lipinski definition) is 2. The number of hydrogen-bond donors (Lipinski definition) is 1. The van der Waals surface area contributed by atoms with E-state index in [1.165, 1.54) is 25.0 Å². The zero-order valence-electron chi connectivity index (χ0n) is 10.8. The Balaban J connectivity index is 1.91. The van der Waals surface area contributed by atoms with Gasteiger partial charge in [-0.15, -0.1) is 0 Å². The average Bonchev–Trinajstić information content (AvgIpc) is 2.48. The summed E-state index contributed by atoms with van der Waals surface area (Å²) in [6, 6.07) is 12.6. The van der Waals surface area contributed by atoms with Gasteiger partial charge < -0.3 is 5.32 Å². The molecule has 0 radical (unpaired) electrons. The Labute approximate surface area is 112 Å². The van der Waals surface area contributed by atoms with Crippen LogP contribution in [0.2, 0.25) is 0 Å². The standard InChI is InChI=1S/C16H17FN2/c17-14-6-1-4-12(10-14)15-7-2-8-16(19-15)13-5-3-9-18-11-13/h1-2,4,6-8,10,13,18H,3,5,9,11H2/t13-/m1/s1. The SMILES string of the molecule is Fc1cccc(-c2cccc([C@@H]3CCCNC3)n2)c1. The fourth-order valence-electron chi connectivity index (χ4n) is 2.59. The van der Waals surface area contributed by atoms with E-state index in [1.54, 1.807) is 6.07 Å². The van der Waals surface area contributed by atoms with E-state index in [-0.39, 0.29) is 5.82 Å². The summed E-state index contributed by atoms with van der Waals surface area (Å²) in [5, 5.41) is 3.40. The van der Waals surface area contributed by atoms with E-state index in [0.29, 0.717) is 5.92 Å². The van der Waals surface area contributed by atoms with Crippen LogP contribution < -0.4 is 5.32 Å². The lowest BCUT2D eigenvalue weighted by atomic mass is 9.95. The topological polar surface area (TPSA) is 24.9 Å². The van der Waals surface area contributed by atoms with Crippen molar-refractivity contribution in [1.29, 1.82) is 0 Å². The predicted molar refractivity (Wildman–Crippen MR) is 74.5 cm³/mol. The van der Waals surface area contributed by atoms with E-state index in [9.17, 15) is 4.39 Å². The van der Waals surface area contributed by atoms with Crippen molar-refractivity contribution in [2.45, 2.75) is 18.8 Å². The zero-order valence-corrected chi connectivity index (χ0v) is 10.8. The van der Waals surface area contributed by atoms with Gasteiger partial charge >= 0.3 is 0 Å². The van der Waals surface area contributed by atoms with Crippen molar-refractivity contribution in [1.82, 2.24) is 10.3 Å². The number of rotatable bonds is 2. The van der Waals surface area contributed by atoms with Gasteiger partial charge in [0.15, 0.2) is 0 Å². The summed E-state index contributed by atoms with van der Waals surface area (Å²) < 4.78 is 13.3. The van der Waals surface area contributed by atoms with Crippen LogP contribution in [0.15, 0.2) is 42.5 Å². The quantitative estimate of drug-likeness (QED) is 0.891. The second-order valence-electron chi connectivity index (χ2n) is 5.00. The summed E-state index contributed by atoms with van der Waals surface area (Å²) in [4.78, 5) is 4.70. The largest absolute Gasteiger partial charge is 0.316 e. The number of pyridine rings is 1. The lowest BCUT2D eigenvalue weighted by Gasteiger charge is -2.22. The molecule has 2 heterocycles. The first-order valence-electron chi connectivity index (χ1n) is 6.76. The first kappa shape index (κ1) is 12.3. The molecule has 0 saturated carbocycles. The Hall–Kier alpha value is -1.74. The van der Waals surface area contributed by atoms with Gasteiger partial charge in [0.1, 0.15) is 5.82 Å². The van der Waals surface area contributed by atoms with Gasteiger partial charge in [-0.1, -0.05) is 18.2 Å². The number of benzene rings is 1. The van der Waals surface area contributed by atoms with Crippen LogP contribution in [0.3, 0.4) is 0 Å². The Morgan fingerprint density at radius 1 is 1.16 bits per heavy atom. The summed E-state index contributed by atoms with van der Waals surface area (Å²) in [6.45, 7) is 2.08. The fourth-order valence-corrected chi connectivity index (χ4v) is 2.59. The van der Waals surface area contributed by atoms with Crippen molar-refractivity contribution in [3.05, 3.63) is 54.0 Å². The lowest BCUT2D eigenvalue weighted by Crippen LogP contribution is -2.28. The maximum absolute atomic E-state index is 13.3. The molecule has 1 saturated heterocycles. The smallest absolute Gasteiger partial charge is 0.123 e. The molecule has 0 spiro atoms. The van der Waals surface area contributed by atoms with Crippen LogP contribution in [0.4, 0.5) is 4.39 Å². The number of nitrogens with zero attached hydrogens (tertiary/aromatic N) is 1. The van der Waals surface area contributed by atoms with Crippen molar-refractivity contribution >= 4 is 0 Å². The third-order valence-electron chi connectivity index (χ3n) is 3.61. The molecule has 0 amide bonds. The van der Waals surface area contributed by atoms with Gasteiger partial charge in [0, 0.05) is 23.7 Å². The number of aromatic nitrogens is 1. The van der Waals surface area contributed by atoms with Crippen molar-refractivity contribution in [2.75, 3.05) is 13.1 Å². The highest BCUT2D eigenvalue weighted by Gasteiger charge is 2.16. The summed E-state index contributed by atoms with van der Waals surface area (Å²) in [5.74, 6) is 0.256. The number of piperidine rings is 1. The average molecular weight is 256 g/mol. The highest BCUT2D eigenvalue weighted by Crippen LogP contribution is 2.24. The molecule has 98 valence electrons. The molecule has 0 bridgehead atoms.